The van der Waals surface area contributed by atoms with E-state index in [2.05, 4.69) is 26.1 Å². The van der Waals surface area contributed by atoms with Crippen molar-refractivity contribution in [1.82, 2.24) is 5.32 Å². The molecule has 0 aromatic heterocycles. The second-order valence-corrected chi connectivity index (χ2v) is 8.16. The van der Waals surface area contributed by atoms with E-state index in [9.17, 15) is 4.79 Å². The Morgan fingerprint density at radius 3 is 1.32 bits per heavy atom. The molecule has 0 rings (SSSR count). The second-order valence-electron chi connectivity index (χ2n) is 8.16. The minimum atomic E-state index is 0.0383. The molecule has 0 amide bonds. The van der Waals surface area contributed by atoms with Gasteiger partial charge in [0.25, 0.3) is 0 Å². The van der Waals surface area contributed by atoms with Crippen LogP contribution in [0.1, 0.15) is 124 Å². The fourth-order valence-corrected chi connectivity index (χ4v) is 3.38. The van der Waals surface area contributed by atoms with Crippen molar-refractivity contribution in [3.8, 4) is 0 Å². The molecule has 0 fully saturated rings. The van der Waals surface area contributed by atoms with Gasteiger partial charge in [-0.1, -0.05) is 117 Å². The summed E-state index contributed by atoms with van der Waals surface area (Å²) in [5, 5.41) is 3.35. The topological polar surface area (TPSA) is 29.1 Å². The fourth-order valence-electron chi connectivity index (χ4n) is 3.38. The van der Waals surface area contributed by atoms with Crippen molar-refractivity contribution in [2.45, 2.75) is 130 Å². The van der Waals surface area contributed by atoms with Gasteiger partial charge in [0.1, 0.15) is 6.29 Å². The Kier molecular flexibility index (Phi) is 19.7. The Morgan fingerprint density at radius 1 is 0.640 bits per heavy atom. The van der Waals surface area contributed by atoms with E-state index in [1.807, 2.05) is 0 Å². The smallest absolute Gasteiger partial charge is 0.137 e. The molecule has 0 aliphatic rings. The van der Waals surface area contributed by atoms with Gasteiger partial charge in [0.15, 0.2) is 0 Å². The van der Waals surface area contributed by atoms with E-state index in [-0.39, 0.29) is 6.04 Å². The highest BCUT2D eigenvalue weighted by atomic mass is 16.1. The summed E-state index contributed by atoms with van der Waals surface area (Å²) >= 11 is 0. The fraction of sp³-hybridized carbons (Fsp3) is 0.957. The van der Waals surface area contributed by atoms with Gasteiger partial charge in [0, 0.05) is 0 Å². The lowest BCUT2D eigenvalue weighted by molar-refractivity contribution is -0.110. The molecule has 0 aromatic carbocycles. The number of rotatable bonds is 20. The van der Waals surface area contributed by atoms with Gasteiger partial charge in [-0.3, -0.25) is 0 Å². The van der Waals surface area contributed by atoms with Crippen LogP contribution in [0.25, 0.3) is 0 Å². The number of carbonyl (C=O) groups is 1. The number of carbonyl (C=O) groups excluding carboxylic acids is 1. The average Bonchev–Trinajstić information content (AvgIpc) is 2.60. The first-order chi connectivity index (χ1) is 12.2. The summed E-state index contributed by atoms with van der Waals surface area (Å²) in [5.74, 6) is 0.401. The minimum absolute atomic E-state index is 0.0383. The molecule has 0 bridgehead atoms. The lowest BCUT2D eigenvalue weighted by atomic mass is 10.0. The average molecular weight is 354 g/mol. The molecule has 0 heterocycles. The zero-order valence-corrected chi connectivity index (χ0v) is 17.7. The molecule has 0 spiro atoms. The normalized spacial score (nSPS) is 12.6. The van der Waals surface area contributed by atoms with Crippen LogP contribution < -0.4 is 5.32 Å². The van der Waals surface area contributed by atoms with E-state index in [1.165, 1.54) is 103 Å². The second kappa shape index (κ2) is 19.9. The monoisotopic (exact) mass is 353 g/mol. The summed E-state index contributed by atoms with van der Waals surface area (Å²) in [4.78, 5) is 10.9. The maximum atomic E-state index is 10.9. The van der Waals surface area contributed by atoms with Gasteiger partial charge in [-0.05, 0) is 18.9 Å². The van der Waals surface area contributed by atoms with Crippen molar-refractivity contribution in [3.63, 3.8) is 0 Å². The Bertz CT molecular complexity index is 265. The zero-order valence-electron chi connectivity index (χ0n) is 17.7. The Morgan fingerprint density at radius 2 is 1.00 bits per heavy atom. The van der Waals surface area contributed by atoms with Crippen LogP contribution in [-0.4, -0.2) is 18.9 Å². The van der Waals surface area contributed by atoms with E-state index in [0.717, 1.165) is 12.8 Å². The van der Waals surface area contributed by atoms with E-state index < -0.39 is 0 Å². The molecule has 0 saturated heterocycles. The summed E-state index contributed by atoms with van der Waals surface area (Å²) in [6, 6.07) is 0.0383. The third-order valence-electron chi connectivity index (χ3n) is 5.28. The van der Waals surface area contributed by atoms with Crippen molar-refractivity contribution in [3.05, 3.63) is 0 Å². The zero-order chi connectivity index (χ0) is 18.6. The first-order valence-electron chi connectivity index (χ1n) is 11.4. The van der Waals surface area contributed by atoms with Gasteiger partial charge in [-0.15, -0.1) is 0 Å². The molecule has 0 aromatic rings. The molecular formula is C23H47NO. The highest BCUT2D eigenvalue weighted by molar-refractivity contribution is 5.57. The Labute approximate surface area is 158 Å². The van der Waals surface area contributed by atoms with Crippen LogP contribution in [0, 0.1) is 5.92 Å². The van der Waals surface area contributed by atoms with Gasteiger partial charge in [0.2, 0.25) is 0 Å². The molecule has 0 saturated carbocycles. The third kappa shape index (κ3) is 18.2. The molecule has 25 heavy (non-hydrogen) atoms. The molecule has 2 heteroatoms. The SMILES string of the molecule is CCCCCCCCCCCCCCCCCCN[C@@H](C=O)C(C)C. The summed E-state index contributed by atoms with van der Waals surface area (Å²) in [6.45, 7) is 7.47. The molecule has 1 N–H and O–H groups in total. The predicted molar refractivity (Wildman–Crippen MR) is 112 cm³/mol. The quantitative estimate of drug-likeness (QED) is 0.187. The van der Waals surface area contributed by atoms with Crippen LogP contribution in [0.5, 0.6) is 0 Å². The van der Waals surface area contributed by atoms with Crippen LogP contribution in [0.4, 0.5) is 0 Å². The molecular weight excluding hydrogens is 306 g/mol. The number of hydrogen-bond acceptors (Lipinski definition) is 2. The van der Waals surface area contributed by atoms with E-state index in [1.54, 1.807) is 0 Å². The number of aldehydes is 1. The minimum Gasteiger partial charge on any atom is -0.308 e. The van der Waals surface area contributed by atoms with Crippen LogP contribution in [0.2, 0.25) is 0 Å². The maximum absolute atomic E-state index is 10.9. The number of unbranched alkanes of at least 4 members (excludes halogenated alkanes) is 15. The van der Waals surface area contributed by atoms with Crippen molar-refractivity contribution < 1.29 is 4.79 Å². The Hall–Kier alpha value is -0.370. The van der Waals surface area contributed by atoms with Crippen molar-refractivity contribution in [1.29, 1.82) is 0 Å². The molecule has 2 nitrogen and oxygen atoms in total. The molecule has 0 aliphatic carbocycles. The third-order valence-corrected chi connectivity index (χ3v) is 5.28. The van der Waals surface area contributed by atoms with E-state index >= 15 is 0 Å². The first-order valence-corrected chi connectivity index (χ1v) is 11.4. The van der Waals surface area contributed by atoms with Crippen molar-refractivity contribution >= 4 is 6.29 Å². The van der Waals surface area contributed by atoms with Crippen molar-refractivity contribution in [2.75, 3.05) is 6.54 Å². The van der Waals surface area contributed by atoms with Gasteiger partial charge < -0.3 is 10.1 Å². The van der Waals surface area contributed by atoms with Gasteiger partial charge in [-0.2, -0.15) is 0 Å². The molecule has 0 aliphatic heterocycles. The molecule has 1 atom stereocenters. The standard InChI is InChI=1S/C23H47NO/c1-4-5-6-7-8-9-10-11-12-13-14-15-16-17-18-19-20-24-23(21-25)22(2)3/h21-24H,4-20H2,1-3H3/t23-/m0/s1. The van der Waals surface area contributed by atoms with E-state index in [0.29, 0.717) is 5.92 Å². The van der Waals surface area contributed by atoms with Crippen LogP contribution >= 0.6 is 0 Å². The van der Waals surface area contributed by atoms with Crippen molar-refractivity contribution in [2.24, 2.45) is 5.92 Å². The lowest BCUT2D eigenvalue weighted by Crippen LogP contribution is -2.35. The number of hydrogen-bond donors (Lipinski definition) is 1. The van der Waals surface area contributed by atoms with Gasteiger partial charge in [-0.25, -0.2) is 0 Å². The number of nitrogens with one attached hydrogen (secondary N) is 1. The van der Waals surface area contributed by atoms with Gasteiger partial charge >= 0.3 is 0 Å². The highest BCUT2D eigenvalue weighted by Gasteiger charge is 2.09. The molecule has 0 radical (unpaired) electrons. The lowest BCUT2D eigenvalue weighted by Gasteiger charge is -2.15. The first kappa shape index (κ1) is 24.6. The van der Waals surface area contributed by atoms with E-state index in [4.69, 9.17) is 0 Å². The Balaban J connectivity index is 3.11. The van der Waals surface area contributed by atoms with Crippen LogP contribution in [0.3, 0.4) is 0 Å². The predicted octanol–water partition coefficient (Wildman–Crippen LogP) is 7.06. The summed E-state index contributed by atoms with van der Waals surface area (Å²) in [6.07, 6.45) is 23.5. The molecule has 150 valence electrons. The van der Waals surface area contributed by atoms with Gasteiger partial charge in [0.05, 0.1) is 6.04 Å². The summed E-state index contributed by atoms with van der Waals surface area (Å²) < 4.78 is 0. The highest BCUT2D eigenvalue weighted by Crippen LogP contribution is 2.13. The largest absolute Gasteiger partial charge is 0.308 e. The van der Waals surface area contributed by atoms with Crippen LogP contribution in [-0.2, 0) is 4.79 Å². The maximum Gasteiger partial charge on any atom is 0.137 e. The molecule has 0 unspecified atom stereocenters. The summed E-state index contributed by atoms with van der Waals surface area (Å²) in [7, 11) is 0. The summed E-state index contributed by atoms with van der Waals surface area (Å²) in [5.41, 5.74) is 0. The van der Waals surface area contributed by atoms with Crippen LogP contribution in [0.15, 0.2) is 0 Å².